The van der Waals surface area contributed by atoms with E-state index >= 15 is 0 Å². The highest BCUT2D eigenvalue weighted by atomic mass is 35.5. The summed E-state index contributed by atoms with van der Waals surface area (Å²) in [6.07, 6.45) is 0. The minimum Gasteiger partial charge on any atom is -0.469 e. The monoisotopic (exact) mass is 326 g/mol. The summed E-state index contributed by atoms with van der Waals surface area (Å²) in [7, 11) is 1.39. The lowest BCUT2D eigenvalue weighted by molar-refractivity contribution is -0.143. The lowest BCUT2D eigenvalue weighted by Gasteiger charge is -2.06. The van der Waals surface area contributed by atoms with Crippen LogP contribution in [0, 0.1) is 5.92 Å². The Bertz CT molecular complexity index is 618. The standard InChI is InChI=1S/C14H15ClN2O3S/c1-9(14(18)19-2)7-21-8-12-16-17-13(20-12)10-5-3-4-6-11(10)15/h3-6,9H,7-8H2,1-2H3. The molecule has 0 saturated carbocycles. The molecular formula is C14H15ClN2O3S. The van der Waals surface area contributed by atoms with Crippen molar-refractivity contribution in [2.24, 2.45) is 5.92 Å². The molecule has 2 aromatic rings. The Morgan fingerprint density at radius 1 is 1.43 bits per heavy atom. The third-order valence-corrected chi connectivity index (χ3v) is 4.28. The maximum Gasteiger partial charge on any atom is 0.309 e. The molecule has 0 radical (unpaired) electrons. The first-order valence-electron chi connectivity index (χ1n) is 6.34. The van der Waals surface area contributed by atoms with Crippen molar-refractivity contribution in [3.05, 3.63) is 35.2 Å². The Balaban J connectivity index is 1.92. The molecule has 0 spiro atoms. The molecule has 0 aliphatic heterocycles. The smallest absolute Gasteiger partial charge is 0.309 e. The van der Waals surface area contributed by atoms with Crippen molar-refractivity contribution in [2.75, 3.05) is 12.9 Å². The fraction of sp³-hybridized carbons (Fsp3) is 0.357. The number of ether oxygens (including phenoxy) is 1. The Kier molecular flexibility index (Phi) is 5.64. The predicted octanol–water partition coefficient (Wildman–Crippen LogP) is 3.43. The van der Waals surface area contributed by atoms with Crippen LogP contribution in [-0.4, -0.2) is 29.0 Å². The van der Waals surface area contributed by atoms with Crippen molar-refractivity contribution < 1.29 is 13.9 Å². The van der Waals surface area contributed by atoms with E-state index < -0.39 is 0 Å². The van der Waals surface area contributed by atoms with Crippen molar-refractivity contribution >= 4 is 29.3 Å². The van der Waals surface area contributed by atoms with Gasteiger partial charge in [-0.25, -0.2) is 0 Å². The number of carbonyl (C=O) groups excluding carboxylic acids is 1. The Morgan fingerprint density at radius 2 is 2.19 bits per heavy atom. The zero-order chi connectivity index (χ0) is 15.2. The molecule has 0 amide bonds. The van der Waals surface area contributed by atoms with Crippen LogP contribution in [-0.2, 0) is 15.3 Å². The number of aromatic nitrogens is 2. The molecular weight excluding hydrogens is 312 g/mol. The summed E-state index contributed by atoms with van der Waals surface area (Å²) in [5.74, 6) is 1.70. The molecule has 0 saturated heterocycles. The van der Waals surface area contributed by atoms with Gasteiger partial charge in [-0.2, -0.15) is 11.8 Å². The molecule has 5 nitrogen and oxygen atoms in total. The van der Waals surface area contributed by atoms with Crippen LogP contribution < -0.4 is 0 Å². The van der Waals surface area contributed by atoms with Gasteiger partial charge in [0.05, 0.1) is 29.4 Å². The van der Waals surface area contributed by atoms with Gasteiger partial charge >= 0.3 is 5.97 Å². The summed E-state index contributed by atoms with van der Waals surface area (Å²) in [4.78, 5) is 11.3. The van der Waals surface area contributed by atoms with Crippen LogP contribution in [0.3, 0.4) is 0 Å². The molecule has 7 heteroatoms. The maximum absolute atomic E-state index is 11.3. The maximum atomic E-state index is 11.3. The molecule has 0 fully saturated rings. The second kappa shape index (κ2) is 7.47. The highest BCUT2D eigenvalue weighted by molar-refractivity contribution is 7.98. The molecule has 0 bridgehead atoms. The van der Waals surface area contributed by atoms with E-state index in [1.165, 1.54) is 7.11 Å². The highest BCUT2D eigenvalue weighted by Gasteiger charge is 2.15. The average molecular weight is 327 g/mol. The molecule has 0 aliphatic rings. The molecule has 1 heterocycles. The average Bonchev–Trinajstić information content (AvgIpc) is 2.95. The summed E-state index contributed by atoms with van der Waals surface area (Å²) < 4.78 is 10.2. The molecule has 1 aromatic heterocycles. The number of rotatable bonds is 6. The van der Waals surface area contributed by atoms with Crippen molar-refractivity contribution in [3.63, 3.8) is 0 Å². The Morgan fingerprint density at radius 3 is 2.90 bits per heavy atom. The van der Waals surface area contributed by atoms with Gasteiger partial charge in [0.25, 0.3) is 0 Å². The molecule has 1 unspecified atom stereocenters. The second-order valence-corrected chi connectivity index (χ2v) is 5.86. The number of nitrogens with zero attached hydrogens (tertiary/aromatic N) is 2. The van der Waals surface area contributed by atoms with Gasteiger partial charge in [-0.15, -0.1) is 10.2 Å². The summed E-state index contributed by atoms with van der Waals surface area (Å²) >= 11 is 7.62. The number of hydrogen-bond acceptors (Lipinski definition) is 6. The van der Waals surface area contributed by atoms with Crippen LogP contribution in [0.15, 0.2) is 28.7 Å². The van der Waals surface area contributed by atoms with Crippen molar-refractivity contribution in [1.82, 2.24) is 10.2 Å². The number of hydrogen-bond donors (Lipinski definition) is 0. The van der Waals surface area contributed by atoms with E-state index in [0.29, 0.717) is 33.9 Å². The molecule has 0 aliphatic carbocycles. The molecule has 112 valence electrons. The van der Waals surface area contributed by atoms with Crippen molar-refractivity contribution in [3.8, 4) is 11.5 Å². The first kappa shape index (κ1) is 15.9. The zero-order valence-electron chi connectivity index (χ0n) is 11.7. The van der Waals surface area contributed by atoms with Crippen LogP contribution in [0.5, 0.6) is 0 Å². The lowest BCUT2D eigenvalue weighted by Crippen LogP contribution is -2.14. The van der Waals surface area contributed by atoms with Gasteiger partial charge in [0, 0.05) is 5.75 Å². The van der Waals surface area contributed by atoms with E-state index in [-0.39, 0.29) is 11.9 Å². The predicted molar refractivity (Wildman–Crippen MR) is 82.1 cm³/mol. The van der Waals surface area contributed by atoms with E-state index in [1.807, 2.05) is 25.1 Å². The van der Waals surface area contributed by atoms with E-state index in [4.69, 9.17) is 16.0 Å². The van der Waals surface area contributed by atoms with Gasteiger partial charge in [0.1, 0.15) is 0 Å². The van der Waals surface area contributed by atoms with E-state index in [1.54, 1.807) is 17.8 Å². The number of esters is 1. The number of benzene rings is 1. The third-order valence-electron chi connectivity index (χ3n) is 2.77. The first-order chi connectivity index (χ1) is 10.1. The molecule has 2 rings (SSSR count). The zero-order valence-corrected chi connectivity index (χ0v) is 13.3. The summed E-state index contributed by atoms with van der Waals surface area (Å²) in [6, 6.07) is 7.30. The van der Waals surface area contributed by atoms with Crippen molar-refractivity contribution in [1.29, 1.82) is 0 Å². The largest absolute Gasteiger partial charge is 0.469 e. The number of carbonyl (C=O) groups is 1. The number of halogens is 1. The quantitative estimate of drug-likeness (QED) is 0.758. The topological polar surface area (TPSA) is 65.2 Å². The number of thioether (sulfide) groups is 1. The van der Waals surface area contributed by atoms with Gasteiger partial charge in [0.15, 0.2) is 0 Å². The van der Waals surface area contributed by atoms with Crippen LogP contribution in [0.2, 0.25) is 5.02 Å². The van der Waals surface area contributed by atoms with Gasteiger partial charge in [-0.1, -0.05) is 30.7 Å². The van der Waals surface area contributed by atoms with Gasteiger partial charge in [-0.05, 0) is 12.1 Å². The fourth-order valence-corrected chi connectivity index (χ4v) is 2.76. The van der Waals surface area contributed by atoms with Gasteiger partial charge < -0.3 is 9.15 Å². The molecule has 21 heavy (non-hydrogen) atoms. The molecule has 1 atom stereocenters. The second-order valence-electron chi connectivity index (χ2n) is 4.42. The summed E-state index contributed by atoms with van der Waals surface area (Å²) in [5, 5.41) is 8.54. The third kappa shape index (κ3) is 4.22. The van der Waals surface area contributed by atoms with Crippen molar-refractivity contribution in [2.45, 2.75) is 12.7 Å². The fourth-order valence-electron chi connectivity index (χ4n) is 1.65. The van der Waals surface area contributed by atoms with Crippen LogP contribution >= 0.6 is 23.4 Å². The van der Waals surface area contributed by atoms with Crippen LogP contribution in [0.4, 0.5) is 0 Å². The summed E-state index contributed by atoms with van der Waals surface area (Å²) in [6.45, 7) is 1.82. The van der Waals surface area contributed by atoms with Crippen LogP contribution in [0.25, 0.3) is 11.5 Å². The Labute approximate surface area is 132 Å². The van der Waals surface area contributed by atoms with E-state index in [9.17, 15) is 4.79 Å². The first-order valence-corrected chi connectivity index (χ1v) is 7.88. The number of methoxy groups -OCH3 is 1. The molecule has 1 aromatic carbocycles. The highest BCUT2D eigenvalue weighted by Crippen LogP contribution is 2.27. The van der Waals surface area contributed by atoms with Gasteiger partial charge in [-0.3, -0.25) is 4.79 Å². The van der Waals surface area contributed by atoms with Gasteiger partial charge in [0.2, 0.25) is 11.8 Å². The minimum absolute atomic E-state index is 0.161. The molecule has 0 N–H and O–H groups in total. The van der Waals surface area contributed by atoms with E-state index in [2.05, 4.69) is 14.9 Å². The summed E-state index contributed by atoms with van der Waals surface area (Å²) in [5.41, 5.74) is 0.714. The Hall–Kier alpha value is -1.53. The lowest BCUT2D eigenvalue weighted by atomic mass is 10.2. The minimum atomic E-state index is -0.218. The SMILES string of the molecule is COC(=O)C(C)CSCc1nnc(-c2ccccc2Cl)o1. The van der Waals surface area contributed by atoms with Crippen LogP contribution in [0.1, 0.15) is 12.8 Å². The van der Waals surface area contributed by atoms with E-state index in [0.717, 1.165) is 0 Å². The normalized spacial score (nSPS) is 12.1.